The van der Waals surface area contributed by atoms with Gasteiger partial charge in [0.2, 0.25) is 5.91 Å². The molecule has 3 heterocycles. The van der Waals surface area contributed by atoms with Crippen LogP contribution in [0, 0.1) is 0 Å². The van der Waals surface area contributed by atoms with Crippen LogP contribution >= 0.6 is 11.6 Å². The molecule has 1 aliphatic rings. The van der Waals surface area contributed by atoms with E-state index in [4.69, 9.17) is 11.6 Å². The molecule has 0 aliphatic carbocycles. The molecule has 1 aliphatic heterocycles. The van der Waals surface area contributed by atoms with Gasteiger partial charge in [-0.3, -0.25) is 9.89 Å². The van der Waals surface area contributed by atoms with E-state index in [9.17, 15) is 4.79 Å². The summed E-state index contributed by atoms with van der Waals surface area (Å²) in [5.41, 5.74) is 1.57. The van der Waals surface area contributed by atoms with E-state index in [0.717, 1.165) is 54.8 Å². The van der Waals surface area contributed by atoms with Gasteiger partial charge in [-0.15, -0.1) is 0 Å². The number of aromatic nitrogens is 4. The topological polar surface area (TPSA) is 98.8 Å². The summed E-state index contributed by atoms with van der Waals surface area (Å²) in [5.74, 6) is 0.870. The summed E-state index contributed by atoms with van der Waals surface area (Å²) in [6.07, 6.45) is 6.87. The van der Waals surface area contributed by atoms with Crippen LogP contribution in [-0.2, 0) is 4.79 Å². The smallest absolute Gasteiger partial charge is 0.242 e. The van der Waals surface area contributed by atoms with Crippen molar-refractivity contribution in [2.75, 3.05) is 23.3 Å². The second-order valence-corrected chi connectivity index (χ2v) is 8.06. The minimum Gasteiger partial charge on any atom is -0.374 e. The molecule has 2 atom stereocenters. The number of piperidine rings is 1. The molecule has 1 aromatic carbocycles. The van der Waals surface area contributed by atoms with Gasteiger partial charge in [0.25, 0.3) is 0 Å². The van der Waals surface area contributed by atoms with Crippen molar-refractivity contribution in [1.29, 1.82) is 0 Å². The zero-order valence-corrected chi connectivity index (χ0v) is 17.7. The molecule has 1 saturated heterocycles. The van der Waals surface area contributed by atoms with E-state index in [1.807, 2.05) is 24.3 Å². The van der Waals surface area contributed by atoms with Gasteiger partial charge in [-0.1, -0.05) is 31.0 Å². The fourth-order valence-corrected chi connectivity index (χ4v) is 4.12. The van der Waals surface area contributed by atoms with Crippen molar-refractivity contribution < 1.29 is 4.79 Å². The molecular weight excluding hydrogens is 402 g/mol. The van der Waals surface area contributed by atoms with Crippen LogP contribution in [0.1, 0.15) is 32.6 Å². The Morgan fingerprint density at radius 3 is 3.13 bits per heavy atom. The number of halogens is 1. The van der Waals surface area contributed by atoms with Crippen LogP contribution in [0.15, 0.2) is 36.8 Å². The lowest BCUT2D eigenvalue weighted by atomic mass is 10.0. The lowest BCUT2D eigenvalue weighted by Gasteiger charge is -2.35. The standard InChI is InChI=1S/C21H26ClN7O/c1-2-5-18(26-15-7-3-6-14(22)10-15)21(30)27-16-8-4-9-29(12-16)20-17-11-25-28-19(17)23-13-24-20/h3,6-7,10-11,13,16,18,26H,2,4-5,8-9,12H2,1H3,(H,27,30)(H,23,24,25,28)/t16-,18-/m1/s1. The molecule has 0 bridgehead atoms. The van der Waals surface area contributed by atoms with E-state index in [-0.39, 0.29) is 18.0 Å². The highest BCUT2D eigenvalue weighted by Gasteiger charge is 2.26. The number of H-pyrrole nitrogens is 1. The molecule has 4 rings (SSSR count). The Kier molecular flexibility index (Phi) is 6.32. The van der Waals surface area contributed by atoms with Crippen LogP contribution in [-0.4, -0.2) is 51.2 Å². The summed E-state index contributed by atoms with van der Waals surface area (Å²) in [5, 5.41) is 15.1. The first-order chi connectivity index (χ1) is 14.6. The molecule has 8 nitrogen and oxygen atoms in total. The number of hydrogen-bond acceptors (Lipinski definition) is 6. The highest BCUT2D eigenvalue weighted by molar-refractivity contribution is 6.30. The second-order valence-electron chi connectivity index (χ2n) is 7.62. The summed E-state index contributed by atoms with van der Waals surface area (Å²) in [7, 11) is 0. The Morgan fingerprint density at radius 1 is 1.40 bits per heavy atom. The number of nitrogens with one attached hydrogen (secondary N) is 3. The third-order valence-corrected chi connectivity index (χ3v) is 5.59. The highest BCUT2D eigenvalue weighted by Crippen LogP contribution is 2.24. The van der Waals surface area contributed by atoms with Gasteiger partial charge in [0.05, 0.1) is 11.6 Å². The molecule has 1 amide bonds. The Hall–Kier alpha value is -2.87. The zero-order valence-electron chi connectivity index (χ0n) is 16.9. The van der Waals surface area contributed by atoms with Crippen molar-refractivity contribution in [1.82, 2.24) is 25.5 Å². The van der Waals surface area contributed by atoms with E-state index < -0.39 is 0 Å². The molecule has 158 valence electrons. The van der Waals surface area contributed by atoms with Gasteiger partial charge in [-0.2, -0.15) is 5.10 Å². The first-order valence-corrected chi connectivity index (χ1v) is 10.7. The highest BCUT2D eigenvalue weighted by atomic mass is 35.5. The van der Waals surface area contributed by atoms with Gasteiger partial charge < -0.3 is 15.5 Å². The fraction of sp³-hybridized carbons (Fsp3) is 0.429. The third-order valence-electron chi connectivity index (χ3n) is 5.35. The molecule has 3 N–H and O–H groups in total. The van der Waals surface area contributed by atoms with E-state index in [0.29, 0.717) is 11.6 Å². The van der Waals surface area contributed by atoms with Gasteiger partial charge in [0, 0.05) is 29.8 Å². The fourth-order valence-electron chi connectivity index (χ4n) is 3.93. The minimum atomic E-state index is -0.302. The van der Waals surface area contributed by atoms with Crippen LogP contribution in [0.4, 0.5) is 11.5 Å². The minimum absolute atomic E-state index is 0.0137. The van der Waals surface area contributed by atoms with Gasteiger partial charge in [0.1, 0.15) is 18.2 Å². The number of hydrogen-bond donors (Lipinski definition) is 3. The van der Waals surface area contributed by atoms with E-state index in [2.05, 4.69) is 42.6 Å². The molecule has 1 fully saturated rings. The summed E-state index contributed by atoms with van der Waals surface area (Å²) in [6.45, 7) is 3.68. The number of nitrogens with zero attached hydrogens (tertiary/aromatic N) is 4. The number of amides is 1. The number of benzene rings is 1. The van der Waals surface area contributed by atoms with E-state index in [1.165, 1.54) is 0 Å². The SMILES string of the molecule is CCC[C@@H](Nc1cccc(Cl)c1)C(=O)N[C@@H]1CCCN(c2ncnc3[nH]ncc23)C1. The molecule has 30 heavy (non-hydrogen) atoms. The van der Waals surface area contributed by atoms with Gasteiger partial charge in [-0.05, 0) is 37.5 Å². The van der Waals surface area contributed by atoms with Crippen LogP contribution in [0.2, 0.25) is 5.02 Å². The maximum Gasteiger partial charge on any atom is 0.242 e. The number of aromatic amines is 1. The average Bonchev–Trinajstić information content (AvgIpc) is 3.22. The first kappa shape index (κ1) is 20.4. The van der Waals surface area contributed by atoms with Gasteiger partial charge in [0.15, 0.2) is 5.65 Å². The van der Waals surface area contributed by atoms with Crippen molar-refractivity contribution >= 4 is 40.0 Å². The summed E-state index contributed by atoms with van der Waals surface area (Å²) in [4.78, 5) is 23.9. The zero-order chi connectivity index (χ0) is 20.9. The summed E-state index contributed by atoms with van der Waals surface area (Å²) >= 11 is 6.08. The quantitative estimate of drug-likeness (QED) is 0.534. The van der Waals surface area contributed by atoms with E-state index in [1.54, 1.807) is 12.5 Å². The lowest BCUT2D eigenvalue weighted by molar-refractivity contribution is -0.122. The summed E-state index contributed by atoms with van der Waals surface area (Å²) in [6, 6.07) is 7.22. The Labute approximate surface area is 180 Å². The van der Waals surface area contributed by atoms with Crippen LogP contribution in [0.25, 0.3) is 11.0 Å². The molecule has 0 unspecified atom stereocenters. The number of fused-ring (bicyclic) bond motifs is 1. The maximum absolute atomic E-state index is 13.0. The molecule has 0 radical (unpaired) electrons. The molecule has 0 spiro atoms. The molecular formula is C21H26ClN7O. The van der Waals surface area contributed by atoms with Crippen molar-refractivity contribution in [2.45, 2.75) is 44.7 Å². The number of carbonyl (C=O) groups is 1. The predicted octanol–water partition coefficient (Wildman–Crippen LogP) is 3.37. The molecule has 9 heteroatoms. The third kappa shape index (κ3) is 4.64. The van der Waals surface area contributed by atoms with Crippen molar-refractivity contribution in [2.24, 2.45) is 0 Å². The predicted molar refractivity (Wildman–Crippen MR) is 119 cm³/mol. The number of rotatable bonds is 7. The molecule has 0 saturated carbocycles. The lowest BCUT2D eigenvalue weighted by Crippen LogP contribution is -2.51. The Bertz CT molecular complexity index is 1010. The number of carbonyl (C=O) groups excluding carboxylic acids is 1. The average molecular weight is 428 g/mol. The van der Waals surface area contributed by atoms with Gasteiger partial charge >= 0.3 is 0 Å². The molecule has 2 aromatic heterocycles. The normalized spacial score (nSPS) is 17.7. The van der Waals surface area contributed by atoms with Crippen molar-refractivity contribution in [3.05, 3.63) is 41.8 Å². The van der Waals surface area contributed by atoms with Crippen molar-refractivity contribution in [3.8, 4) is 0 Å². The number of anilines is 2. The van der Waals surface area contributed by atoms with Crippen LogP contribution in [0.3, 0.4) is 0 Å². The summed E-state index contributed by atoms with van der Waals surface area (Å²) < 4.78 is 0. The second kappa shape index (κ2) is 9.30. The monoisotopic (exact) mass is 427 g/mol. The van der Waals surface area contributed by atoms with Crippen LogP contribution in [0.5, 0.6) is 0 Å². The molecule has 3 aromatic rings. The van der Waals surface area contributed by atoms with Crippen molar-refractivity contribution in [3.63, 3.8) is 0 Å². The maximum atomic E-state index is 13.0. The Balaban J connectivity index is 1.43. The first-order valence-electron chi connectivity index (χ1n) is 10.4. The van der Waals surface area contributed by atoms with Crippen LogP contribution < -0.4 is 15.5 Å². The van der Waals surface area contributed by atoms with E-state index >= 15 is 0 Å². The van der Waals surface area contributed by atoms with Gasteiger partial charge in [-0.25, -0.2) is 9.97 Å². The Morgan fingerprint density at radius 2 is 2.30 bits per heavy atom. The largest absolute Gasteiger partial charge is 0.374 e.